The molecule has 0 unspecified atom stereocenters. The molecule has 2 rings (SSSR count). The third-order valence-electron chi connectivity index (χ3n) is 4.57. The maximum atomic E-state index is 12.0. The Labute approximate surface area is 117 Å². The molecule has 4 heteroatoms. The van der Waals surface area contributed by atoms with Crippen LogP contribution in [0.2, 0.25) is 0 Å². The molecule has 0 atom stereocenters. The number of nitrogens with zero attached hydrogens (tertiary/aromatic N) is 1. The predicted octanol–water partition coefficient (Wildman–Crippen LogP) is 1.50. The van der Waals surface area contributed by atoms with Crippen molar-refractivity contribution in [2.24, 2.45) is 11.7 Å². The van der Waals surface area contributed by atoms with E-state index in [1.54, 1.807) is 0 Å². The summed E-state index contributed by atoms with van der Waals surface area (Å²) in [6, 6.07) is 0.321. The lowest BCUT2D eigenvalue weighted by Crippen LogP contribution is -2.40. The van der Waals surface area contributed by atoms with Gasteiger partial charge in [0.1, 0.15) is 0 Å². The first kappa shape index (κ1) is 14.8. The average molecular weight is 267 g/mol. The molecule has 0 aromatic rings. The maximum Gasteiger partial charge on any atom is 0.223 e. The summed E-state index contributed by atoms with van der Waals surface area (Å²) in [5, 5.41) is 3.11. The van der Waals surface area contributed by atoms with Crippen molar-refractivity contribution in [2.45, 2.75) is 57.4 Å². The highest BCUT2D eigenvalue weighted by Crippen LogP contribution is 2.23. The molecule has 0 aromatic carbocycles. The molecule has 3 N–H and O–H groups in total. The average Bonchev–Trinajstić information content (AvgIpc) is 2.68. The molecule has 2 fully saturated rings. The second kappa shape index (κ2) is 7.85. The molecular weight excluding hydrogens is 238 g/mol. The number of carbonyl (C=O) groups is 1. The number of carbonyl (C=O) groups excluding carboxylic acids is 1. The van der Waals surface area contributed by atoms with Gasteiger partial charge < -0.3 is 16.0 Å². The molecular formula is C15H29N3O. The predicted molar refractivity (Wildman–Crippen MR) is 77.9 cm³/mol. The van der Waals surface area contributed by atoms with E-state index in [-0.39, 0.29) is 11.8 Å². The van der Waals surface area contributed by atoms with Crippen LogP contribution in [0.1, 0.15) is 51.4 Å². The van der Waals surface area contributed by atoms with Gasteiger partial charge >= 0.3 is 0 Å². The highest BCUT2D eigenvalue weighted by Gasteiger charge is 2.24. The fourth-order valence-corrected chi connectivity index (χ4v) is 3.22. The molecule has 4 nitrogen and oxygen atoms in total. The highest BCUT2D eigenvalue weighted by atomic mass is 16.1. The summed E-state index contributed by atoms with van der Waals surface area (Å²) in [5.41, 5.74) is 5.87. The lowest BCUT2D eigenvalue weighted by Gasteiger charge is -2.26. The summed E-state index contributed by atoms with van der Waals surface area (Å²) >= 11 is 0. The Morgan fingerprint density at radius 1 is 1.05 bits per heavy atom. The molecule has 0 spiro atoms. The maximum absolute atomic E-state index is 12.0. The number of hydrogen-bond donors (Lipinski definition) is 2. The van der Waals surface area contributed by atoms with Gasteiger partial charge in [0, 0.05) is 25.0 Å². The zero-order valence-corrected chi connectivity index (χ0v) is 12.1. The topological polar surface area (TPSA) is 58.4 Å². The van der Waals surface area contributed by atoms with Crippen molar-refractivity contribution in [1.29, 1.82) is 0 Å². The Kier molecular flexibility index (Phi) is 6.11. The molecule has 1 saturated carbocycles. The van der Waals surface area contributed by atoms with Crippen LogP contribution in [0.25, 0.3) is 0 Å². The molecule has 0 bridgehead atoms. The van der Waals surface area contributed by atoms with Crippen molar-refractivity contribution in [3.63, 3.8) is 0 Å². The fraction of sp³-hybridized carbons (Fsp3) is 0.933. The van der Waals surface area contributed by atoms with E-state index in [1.807, 2.05) is 0 Å². The zero-order valence-electron chi connectivity index (χ0n) is 12.1. The quantitative estimate of drug-likeness (QED) is 0.811. The zero-order chi connectivity index (χ0) is 13.5. The molecule has 19 heavy (non-hydrogen) atoms. The van der Waals surface area contributed by atoms with Crippen LogP contribution >= 0.6 is 0 Å². The second-order valence-electron chi connectivity index (χ2n) is 6.16. The first-order valence-electron chi connectivity index (χ1n) is 8.01. The Hall–Kier alpha value is -0.610. The Balaban J connectivity index is 1.60. The summed E-state index contributed by atoms with van der Waals surface area (Å²) in [6.45, 7) is 4.22. The molecule has 110 valence electrons. The van der Waals surface area contributed by atoms with Gasteiger partial charge in [0.2, 0.25) is 5.91 Å². The molecule has 1 amide bonds. The lowest BCUT2D eigenvalue weighted by molar-refractivity contribution is -0.126. The summed E-state index contributed by atoms with van der Waals surface area (Å²) in [5.74, 6) is 0.464. The molecule has 2 aliphatic rings. The van der Waals surface area contributed by atoms with Gasteiger partial charge in [-0.05, 0) is 51.6 Å². The number of hydrogen-bond acceptors (Lipinski definition) is 3. The van der Waals surface area contributed by atoms with Crippen molar-refractivity contribution >= 4 is 5.91 Å². The fourth-order valence-electron chi connectivity index (χ4n) is 3.22. The van der Waals surface area contributed by atoms with Crippen LogP contribution in [0.4, 0.5) is 0 Å². The van der Waals surface area contributed by atoms with Crippen LogP contribution in [0, 0.1) is 5.92 Å². The highest BCUT2D eigenvalue weighted by molar-refractivity contribution is 5.78. The molecule has 0 radical (unpaired) electrons. The summed E-state index contributed by atoms with van der Waals surface area (Å²) < 4.78 is 0. The SMILES string of the molecule is NC1CCC(C(=O)NCCN2CCCCCC2)CC1. The normalized spacial score (nSPS) is 29.7. The third-order valence-corrected chi connectivity index (χ3v) is 4.57. The first-order valence-corrected chi connectivity index (χ1v) is 8.01. The van der Waals surface area contributed by atoms with Gasteiger partial charge in [-0.15, -0.1) is 0 Å². The van der Waals surface area contributed by atoms with E-state index in [2.05, 4.69) is 10.2 Å². The van der Waals surface area contributed by atoms with E-state index >= 15 is 0 Å². The van der Waals surface area contributed by atoms with Crippen LogP contribution in [0.15, 0.2) is 0 Å². The summed E-state index contributed by atoms with van der Waals surface area (Å²) in [7, 11) is 0. The smallest absolute Gasteiger partial charge is 0.223 e. The number of nitrogens with two attached hydrogens (primary N) is 1. The van der Waals surface area contributed by atoms with Crippen LogP contribution in [0.5, 0.6) is 0 Å². The number of likely N-dealkylation sites (tertiary alicyclic amines) is 1. The minimum Gasteiger partial charge on any atom is -0.355 e. The van der Waals surface area contributed by atoms with Crippen molar-refractivity contribution in [1.82, 2.24) is 10.2 Å². The second-order valence-corrected chi connectivity index (χ2v) is 6.16. The van der Waals surface area contributed by atoms with Gasteiger partial charge in [-0.2, -0.15) is 0 Å². The van der Waals surface area contributed by atoms with Crippen molar-refractivity contribution in [3.05, 3.63) is 0 Å². The third kappa shape index (κ3) is 5.11. The van der Waals surface area contributed by atoms with E-state index < -0.39 is 0 Å². The Morgan fingerprint density at radius 3 is 2.32 bits per heavy atom. The van der Waals surface area contributed by atoms with Crippen LogP contribution in [-0.4, -0.2) is 43.0 Å². The molecule has 1 aliphatic heterocycles. The van der Waals surface area contributed by atoms with E-state index in [0.29, 0.717) is 6.04 Å². The first-order chi connectivity index (χ1) is 9.25. The Morgan fingerprint density at radius 2 is 1.68 bits per heavy atom. The van der Waals surface area contributed by atoms with Gasteiger partial charge in [0.05, 0.1) is 0 Å². The minimum atomic E-state index is 0.212. The van der Waals surface area contributed by atoms with Gasteiger partial charge in [0.25, 0.3) is 0 Å². The largest absolute Gasteiger partial charge is 0.355 e. The molecule has 1 saturated heterocycles. The van der Waals surface area contributed by atoms with E-state index in [9.17, 15) is 4.79 Å². The summed E-state index contributed by atoms with van der Waals surface area (Å²) in [6.07, 6.45) is 9.31. The van der Waals surface area contributed by atoms with Gasteiger partial charge in [-0.3, -0.25) is 4.79 Å². The monoisotopic (exact) mass is 267 g/mol. The lowest BCUT2D eigenvalue weighted by atomic mass is 9.86. The number of nitrogens with one attached hydrogen (secondary N) is 1. The molecule has 1 heterocycles. The van der Waals surface area contributed by atoms with Gasteiger partial charge in [0.15, 0.2) is 0 Å². The standard InChI is InChI=1S/C15H29N3O/c16-14-7-5-13(6-8-14)15(19)17-9-12-18-10-3-1-2-4-11-18/h13-14H,1-12,16H2,(H,17,19). The van der Waals surface area contributed by atoms with E-state index in [4.69, 9.17) is 5.73 Å². The van der Waals surface area contributed by atoms with Gasteiger partial charge in [-0.1, -0.05) is 12.8 Å². The molecule has 1 aliphatic carbocycles. The van der Waals surface area contributed by atoms with Gasteiger partial charge in [-0.25, -0.2) is 0 Å². The van der Waals surface area contributed by atoms with Crippen molar-refractivity contribution in [3.8, 4) is 0 Å². The Bertz CT molecular complexity index is 267. The van der Waals surface area contributed by atoms with Crippen molar-refractivity contribution in [2.75, 3.05) is 26.2 Å². The van der Waals surface area contributed by atoms with Crippen molar-refractivity contribution < 1.29 is 4.79 Å². The van der Waals surface area contributed by atoms with Crippen LogP contribution in [0.3, 0.4) is 0 Å². The number of amides is 1. The van der Waals surface area contributed by atoms with Crippen LogP contribution < -0.4 is 11.1 Å². The minimum absolute atomic E-state index is 0.212. The molecule has 0 aromatic heterocycles. The van der Waals surface area contributed by atoms with Crippen LogP contribution in [-0.2, 0) is 4.79 Å². The summed E-state index contributed by atoms with van der Waals surface area (Å²) in [4.78, 5) is 14.5. The van der Waals surface area contributed by atoms with E-state index in [1.165, 1.54) is 38.8 Å². The van der Waals surface area contributed by atoms with E-state index in [0.717, 1.165) is 38.8 Å². The number of rotatable bonds is 4.